The van der Waals surface area contributed by atoms with Gasteiger partial charge in [0.15, 0.2) is 5.82 Å². The fraction of sp³-hybridized carbons (Fsp3) is 0.375. The average molecular weight is 314 g/mol. The van der Waals surface area contributed by atoms with Gasteiger partial charge in [0.1, 0.15) is 0 Å². The Morgan fingerprint density at radius 3 is 2.91 bits per heavy atom. The molecule has 7 heteroatoms. The van der Waals surface area contributed by atoms with Gasteiger partial charge in [-0.25, -0.2) is 0 Å². The molecule has 1 fully saturated rings. The van der Waals surface area contributed by atoms with Crippen molar-refractivity contribution < 1.29 is 14.1 Å². The zero-order chi connectivity index (χ0) is 16.1. The average Bonchev–Trinajstić information content (AvgIpc) is 3.01. The number of nitrogens with one attached hydrogen (secondary N) is 1. The maximum Gasteiger partial charge on any atom is 0.239 e. The third-order valence-corrected chi connectivity index (χ3v) is 3.66. The van der Waals surface area contributed by atoms with Crippen molar-refractivity contribution in [1.82, 2.24) is 20.4 Å². The molecule has 1 aliphatic rings. The van der Waals surface area contributed by atoms with Gasteiger partial charge < -0.3 is 14.7 Å². The van der Waals surface area contributed by atoms with Gasteiger partial charge in [-0.05, 0) is 5.56 Å². The van der Waals surface area contributed by atoms with Crippen LogP contribution in [0.3, 0.4) is 0 Å². The van der Waals surface area contributed by atoms with Crippen molar-refractivity contribution in [3.63, 3.8) is 0 Å². The summed E-state index contributed by atoms with van der Waals surface area (Å²) >= 11 is 0. The first-order valence-electron chi connectivity index (χ1n) is 7.60. The Bertz CT molecular complexity index is 684. The third-order valence-electron chi connectivity index (χ3n) is 3.66. The van der Waals surface area contributed by atoms with E-state index in [2.05, 4.69) is 15.5 Å². The summed E-state index contributed by atoms with van der Waals surface area (Å²) in [6, 6.07) is 9.88. The van der Waals surface area contributed by atoms with E-state index in [4.69, 9.17) is 4.52 Å². The number of rotatable bonds is 5. The van der Waals surface area contributed by atoms with Crippen molar-refractivity contribution in [2.45, 2.75) is 19.3 Å². The van der Waals surface area contributed by atoms with Gasteiger partial charge in [0, 0.05) is 32.4 Å². The third kappa shape index (κ3) is 4.15. The van der Waals surface area contributed by atoms with Crippen LogP contribution in [0.1, 0.15) is 23.7 Å². The monoisotopic (exact) mass is 314 g/mol. The number of carbonyl (C=O) groups excluding carboxylic acids is 2. The number of benzene rings is 1. The van der Waals surface area contributed by atoms with Crippen LogP contribution < -0.4 is 5.32 Å². The zero-order valence-corrected chi connectivity index (χ0v) is 12.7. The SMILES string of the molecule is O=C1CN(C(=O)CCc2nc(Cc3ccccc3)no2)CCN1. The lowest BCUT2D eigenvalue weighted by molar-refractivity contribution is -0.138. The van der Waals surface area contributed by atoms with Crippen LogP contribution in [0.4, 0.5) is 0 Å². The molecular weight excluding hydrogens is 296 g/mol. The van der Waals surface area contributed by atoms with E-state index in [1.807, 2.05) is 30.3 Å². The molecule has 120 valence electrons. The van der Waals surface area contributed by atoms with Crippen molar-refractivity contribution in [1.29, 1.82) is 0 Å². The number of piperazine rings is 1. The summed E-state index contributed by atoms with van der Waals surface area (Å²) in [5, 5.41) is 6.63. The number of aromatic nitrogens is 2. The topological polar surface area (TPSA) is 88.3 Å². The Balaban J connectivity index is 1.51. The highest BCUT2D eigenvalue weighted by Crippen LogP contribution is 2.09. The molecule has 2 aromatic rings. The normalized spacial score (nSPS) is 14.6. The number of aryl methyl sites for hydroxylation is 1. The minimum atomic E-state index is -0.118. The van der Waals surface area contributed by atoms with Crippen LogP contribution in [-0.2, 0) is 22.4 Å². The van der Waals surface area contributed by atoms with Gasteiger partial charge in [-0.15, -0.1) is 0 Å². The second-order valence-corrected chi connectivity index (χ2v) is 5.43. The highest BCUT2D eigenvalue weighted by atomic mass is 16.5. The molecular formula is C16H18N4O3. The molecule has 1 saturated heterocycles. The lowest BCUT2D eigenvalue weighted by Gasteiger charge is -2.26. The van der Waals surface area contributed by atoms with Crippen LogP contribution in [0.5, 0.6) is 0 Å². The second kappa shape index (κ2) is 7.04. The zero-order valence-electron chi connectivity index (χ0n) is 12.7. The summed E-state index contributed by atoms with van der Waals surface area (Å²) in [5.74, 6) is 0.872. The summed E-state index contributed by atoms with van der Waals surface area (Å²) < 4.78 is 5.18. The molecule has 3 rings (SSSR count). The van der Waals surface area contributed by atoms with Crippen LogP contribution >= 0.6 is 0 Å². The van der Waals surface area contributed by atoms with Crippen LogP contribution in [0.25, 0.3) is 0 Å². The van der Waals surface area contributed by atoms with Gasteiger partial charge in [-0.2, -0.15) is 4.98 Å². The molecule has 0 bridgehead atoms. The highest BCUT2D eigenvalue weighted by Gasteiger charge is 2.21. The van der Waals surface area contributed by atoms with Gasteiger partial charge in [-0.1, -0.05) is 35.5 Å². The standard InChI is InChI=1S/C16H18N4O3/c21-14-11-20(9-8-17-14)16(22)7-6-15-18-13(19-23-15)10-12-4-2-1-3-5-12/h1-5H,6-11H2,(H,17,21). The summed E-state index contributed by atoms with van der Waals surface area (Å²) in [6.07, 6.45) is 1.25. The van der Waals surface area contributed by atoms with Crippen molar-refractivity contribution in [3.8, 4) is 0 Å². The Morgan fingerprint density at radius 1 is 1.30 bits per heavy atom. The Morgan fingerprint density at radius 2 is 2.13 bits per heavy atom. The molecule has 1 aromatic carbocycles. The maximum atomic E-state index is 12.1. The van der Waals surface area contributed by atoms with Crippen molar-refractivity contribution in [2.24, 2.45) is 0 Å². The minimum Gasteiger partial charge on any atom is -0.353 e. The van der Waals surface area contributed by atoms with E-state index >= 15 is 0 Å². The van der Waals surface area contributed by atoms with Crippen LogP contribution in [0, 0.1) is 0 Å². The van der Waals surface area contributed by atoms with E-state index in [-0.39, 0.29) is 24.8 Å². The predicted molar refractivity (Wildman–Crippen MR) is 81.5 cm³/mol. The lowest BCUT2D eigenvalue weighted by Crippen LogP contribution is -2.50. The molecule has 7 nitrogen and oxygen atoms in total. The summed E-state index contributed by atoms with van der Waals surface area (Å²) in [4.78, 5) is 29.2. The quantitative estimate of drug-likeness (QED) is 0.871. The molecule has 0 saturated carbocycles. The molecule has 1 N–H and O–H groups in total. The van der Waals surface area contributed by atoms with Crippen molar-refractivity contribution in [3.05, 3.63) is 47.6 Å². The van der Waals surface area contributed by atoms with Crippen LogP contribution in [0.15, 0.2) is 34.9 Å². The maximum absolute atomic E-state index is 12.1. The fourth-order valence-electron chi connectivity index (χ4n) is 2.47. The van der Waals surface area contributed by atoms with E-state index in [1.54, 1.807) is 4.90 Å². The van der Waals surface area contributed by atoms with Crippen molar-refractivity contribution >= 4 is 11.8 Å². The van der Waals surface area contributed by atoms with Gasteiger partial charge in [0.2, 0.25) is 17.7 Å². The number of carbonyl (C=O) groups is 2. The predicted octanol–water partition coefficient (Wildman–Crippen LogP) is 0.551. The number of nitrogens with zero attached hydrogens (tertiary/aromatic N) is 3. The van der Waals surface area contributed by atoms with E-state index in [0.717, 1.165) is 5.56 Å². The first-order valence-corrected chi connectivity index (χ1v) is 7.60. The number of hydrogen-bond acceptors (Lipinski definition) is 5. The number of amides is 2. The molecule has 0 aliphatic carbocycles. The molecule has 23 heavy (non-hydrogen) atoms. The molecule has 0 spiro atoms. The van der Waals surface area contributed by atoms with Gasteiger partial charge in [-0.3, -0.25) is 9.59 Å². The molecule has 2 heterocycles. The Labute approximate surface area is 133 Å². The van der Waals surface area contributed by atoms with E-state index < -0.39 is 0 Å². The fourth-order valence-corrected chi connectivity index (χ4v) is 2.47. The first kappa shape index (κ1) is 15.2. The van der Waals surface area contributed by atoms with E-state index in [9.17, 15) is 9.59 Å². The molecule has 0 atom stereocenters. The Kier molecular flexibility index (Phi) is 4.65. The van der Waals surface area contributed by atoms with Crippen LogP contribution in [-0.4, -0.2) is 46.5 Å². The van der Waals surface area contributed by atoms with Gasteiger partial charge in [0.25, 0.3) is 0 Å². The number of hydrogen-bond donors (Lipinski definition) is 1. The first-order chi connectivity index (χ1) is 11.2. The largest absolute Gasteiger partial charge is 0.353 e. The van der Waals surface area contributed by atoms with Gasteiger partial charge in [0.05, 0.1) is 6.54 Å². The van der Waals surface area contributed by atoms with Crippen molar-refractivity contribution in [2.75, 3.05) is 19.6 Å². The second-order valence-electron chi connectivity index (χ2n) is 5.43. The molecule has 0 unspecified atom stereocenters. The van der Waals surface area contributed by atoms with Crippen LogP contribution in [0.2, 0.25) is 0 Å². The minimum absolute atomic E-state index is 0.0670. The molecule has 2 amide bonds. The molecule has 0 radical (unpaired) electrons. The van der Waals surface area contributed by atoms with E-state index in [0.29, 0.717) is 37.6 Å². The Hall–Kier alpha value is -2.70. The lowest BCUT2D eigenvalue weighted by atomic mass is 10.1. The molecule has 1 aromatic heterocycles. The van der Waals surface area contributed by atoms with Gasteiger partial charge >= 0.3 is 0 Å². The van der Waals surface area contributed by atoms with E-state index in [1.165, 1.54) is 0 Å². The highest BCUT2D eigenvalue weighted by molar-refractivity contribution is 5.85. The molecule has 1 aliphatic heterocycles. The summed E-state index contributed by atoms with van der Waals surface area (Å²) in [5.41, 5.74) is 1.11. The summed E-state index contributed by atoms with van der Waals surface area (Å²) in [6.45, 7) is 1.18. The smallest absolute Gasteiger partial charge is 0.239 e. The summed E-state index contributed by atoms with van der Waals surface area (Å²) in [7, 11) is 0.